The van der Waals surface area contributed by atoms with Crippen molar-refractivity contribution < 1.29 is 14.6 Å². The largest absolute Gasteiger partial charge is 0.464 e. The van der Waals surface area contributed by atoms with Crippen LogP contribution in [-0.2, 0) is 9.53 Å². The second kappa shape index (κ2) is 6.08. The lowest BCUT2D eigenvalue weighted by Gasteiger charge is -2.13. The van der Waals surface area contributed by atoms with Gasteiger partial charge >= 0.3 is 5.97 Å². The zero-order valence-electron chi connectivity index (χ0n) is 9.53. The van der Waals surface area contributed by atoms with E-state index in [-0.39, 0.29) is 12.0 Å². The maximum atomic E-state index is 11.5. The van der Waals surface area contributed by atoms with Crippen LogP contribution < -0.4 is 5.32 Å². The van der Waals surface area contributed by atoms with E-state index in [9.17, 15) is 9.90 Å². The Hall–Kier alpha value is -0.610. The summed E-state index contributed by atoms with van der Waals surface area (Å²) in [6.07, 6.45) is 2.25. The fourth-order valence-electron chi connectivity index (χ4n) is 1.80. The lowest BCUT2D eigenvalue weighted by molar-refractivity contribution is -0.147. The van der Waals surface area contributed by atoms with Crippen molar-refractivity contribution in [1.29, 1.82) is 0 Å². The van der Waals surface area contributed by atoms with Crippen LogP contribution in [0, 0.1) is 5.92 Å². The number of ether oxygens (including phenoxy) is 1. The van der Waals surface area contributed by atoms with Crippen LogP contribution in [-0.4, -0.2) is 36.4 Å². The van der Waals surface area contributed by atoms with Crippen molar-refractivity contribution in [2.75, 3.05) is 13.2 Å². The number of aliphatic hydroxyl groups is 1. The Bertz CT molecular complexity index is 208. The average Bonchev–Trinajstić information content (AvgIpc) is 2.62. The summed E-state index contributed by atoms with van der Waals surface area (Å²) in [4.78, 5) is 11.5. The standard InChI is InChI=1S/C11H21NO3/c1-3-4-8(2)7-15-11(14)10-5-9(13)6-12-10/h8-10,12-13H,3-7H2,1-2H3/t8?,9-,10+/m1/s1. The van der Waals surface area contributed by atoms with E-state index < -0.39 is 6.10 Å². The lowest BCUT2D eigenvalue weighted by Crippen LogP contribution is -2.33. The van der Waals surface area contributed by atoms with E-state index in [1.807, 2.05) is 0 Å². The number of aliphatic hydroxyl groups excluding tert-OH is 1. The van der Waals surface area contributed by atoms with Gasteiger partial charge in [0.1, 0.15) is 6.04 Å². The Morgan fingerprint density at radius 2 is 2.40 bits per heavy atom. The van der Waals surface area contributed by atoms with E-state index in [4.69, 9.17) is 4.74 Å². The summed E-state index contributed by atoms with van der Waals surface area (Å²) in [5, 5.41) is 12.2. The van der Waals surface area contributed by atoms with E-state index in [2.05, 4.69) is 19.2 Å². The molecule has 1 aliphatic heterocycles. The summed E-state index contributed by atoms with van der Waals surface area (Å²) in [6, 6.07) is -0.311. The SMILES string of the molecule is CCCC(C)COC(=O)[C@@H]1C[C@@H](O)CN1. The Balaban J connectivity index is 2.18. The van der Waals surface area contributed by atoms with Crippen LogP contribution in [0.15, 0.2) is 0 Å². The first kappa shape index (κ1) is 12.5. The predicted molar refractivity (Wildman–Crippen MR) is 57.4 cm³/mol. The Morgan fingerprint density at radius 1 is 1.67 bits per heavy atom. The zero-order chi connectivity index (χ0) is 11.3. The highest BCUT2D eigenvalue weighted by Gasteiger charge is 2.29. The minimum atomic E-state index is -0.407. The first-order valence-electron chi connectivity index (χ1n) is 5.71. The normalized spacial score (nSPS) is 27.7. The number of hydrogen-bond acceptors (Lipinski definition) is 4. The quantitative estimate of drug-likeness (QED) is 0.662. The third-order valence-corrected chi connectivity index (χ3v) is 2.68. The van der Waals surface area contributed by atoms with Crippen LogP contribution in [0.2, 0.25) is 0 Å². The van der Waals surface area contributed by atoms with Gasteiger partial charge < -0.3 is 15.2 Å². The van der Waals surface area contributed by atoms with Gasteiger partial charge in [-0.05, 0) is 12.3 Å². The molecule has 0 aromatic heterocycles. The molecule has 0 radical (unpaired) electrons. The summed E-state index contributed by atoms with van der Waals surface area (Å²) in [5.74, 6) is 0.194. The smallest absolute Gasteiger partial charge is 0.323 e. The molecular weight excluding hydrogens is 194 g/mol. The van der Waals surface area contributed by atoms with Gasteiger partial charge in [0.2, 0.25) is 0 Å². The minimum absolute atomic E-state index is 0.227. The maximum Gasteiger partial charge on any atom is 0.323 e. The predicted octanol–water partition coefficient (Wildman–Crippen LogP) is 0.689. The van der Waals surface area contributed by atoms with Gasteiger partial charge in [-0.2, -0.15) is 0 Å². The fraction of sp³-hybridized carbons (Fsp3) is 0.909. The molecule has 15 heavy (non-hydrogen) atoms. The molecule has 4 nitrogen and oxygen atoms in total. The third-order valence-electron chi connectivity index (χ3n) is 2.68. The first-order chi connectivity index (χ1) is 7.13. The van der Waals surface area contributed by atoms with E-state index in [1.165, 1.54) is 0 Å². The lowest BCUT2D eigenvalue weighted by atomic mass is 10.1. The highest BCUT2D eigenvalue weighted by atomic mass is 16.5. The van der Waals surface area contributed by atoms with Gasteiger partial charge in [-0.15, -0.1) is 0 Å². The molecule has 0 aromatic carbocycles. The molecule has 0 amide bonds. The molecule has 0 bridgehead atoms. The van der Waals surface area contributed by atoms with Crippen LogP contribution in [0.3, 0.4) is 0 Å². The second-order valence-electron chi connectivity index (χ2n) is 4.37. The molecule has 1 rings (SSSR count). The molecular formula is C11H21NO3. The Kier molecular flexibility index (Phi) is 5.05. The molecule has 1 unspecified atom stereocenters. The highest BCUT2D eigenvalue weighted by Crippen LogP contribution is 2.10. The summed E-state index contributed by atoms with van der Waals surface area (Å²) >= 11 is 0. The summed E-state index contributed by atoms with van der Waals surface area (Å²) in [6.45, 7) is 5.17. The number of carbonyl (C=O) groups is 1. The molecule has 2 N–H and O–H groups in total. The molecule has 0 aliphatic carbocycles. The van der Waals surface area contributed by atoms with E-state index >= 15 is 0 Å². The van der Waals surface area contributed by atoms with Crippen LogP contribution in [0.5, 0.6) is 0 Å². The molecule has 1 saturated heterocycles. The molecule has 1 heterocycles. The van der Waals surface area contributed by atoms with Crippen molar-refractivity contribution >= 4 is 5.97 Å². The third kappa shape index (κ3) is 4.18. The number of esters is 1. The van der Waals surface area contributed by atoms with Crippen molar-refractivity contribution in [3.05, 3.63) is 0 Å². The van der Waals surface area contributed by atoms with Gasteiger partial charge in [0, 0.05) is 13.0 Å². The number of rotatable bonds is 5. The van der Waals surface area contributed by atoms with Crippen molar-refractivity contribution in [3.8, 4) is 0 Å². The molecule has 1 aliphatic rings. The monoisotopic (exact) mass is 215 g/mol. The number of carbonyl (C=O) groups excluding carboxylic acids is 1. The summed E-state index contributed by atoms with van der Waals surface area (Å²) in [7, 11) is 0. The molecule has 0 spiro atoms. The van der Waals surface area contributed by atoms with Crippen LogP contribution in [0.4, 0.5) is 0 Å². The molecule has 1 fully saturated rings. The van der Waals surface area contributed by atoms with Crippen molar-refractivity contribution in [2.24, 2.45) is 5.92 Å². The van der Waals surface area contributed by atoms with Gasteiger partial charge in [-0.1, -0.05) is 20.3 Å². The van der Waals surface area contributed by atoms with E-state index in [0.29, 0.717) is 25.5 Å². The van der Waals surface area contributed by atoms with E-state index in [1.54, 1.807) is 0 Å². The number of hydrogen-bond donors (Lipinski definition) is 2. The molecule has 3 atom stereocenters. The van der Waals surface area contributed by atoms with Crippen LogP contribution in [0.1, 0.15) is 33.1 Å². The van der Waals surface area contributed by atoms with Gasteiger partial charge in [0.25, 0.3) is 0 Å². The first-order valence-corrected chi connectivity index (χ1v) is 5.71. The van der Waals surface area contributed by atoms with Gasteiger partial charge in [0.15, 0.2) is 0 Å². The molecule has 88 valence electrons. The van der Waals surface area contributed by atoms with Crippen molar-refractivity contribution in [2.45, 2.75) is 45.3 Å². The van der Waals surface area contributed by atoms with Crippen LogP contribution in [0.25, 0.3) is 0 Å². The van der Waals surface area contributed by atoms with Gasteiger partial charge in [0.05, 0.1) is 12.7 Å². The number of nitrogens with one attached hydrogen (secondary N) is 1. The maximum absolute atomic E-state index is 11.5. The van der Waals surface area contributed by atoms with Crippen molar-refractivity contribution in [1.82, 2.24) is 5.32 Å². The van der Waals surface area contributed by atoms with Gasteiger partial charge in [-0.25, -0.2) is 0 Å². The summed E-state index contributed by atoms with van der Waals surface area (Å²) in [5.41, 5.74) is 0. The van der Waals surface area contributed by atoms with Crippen molar-refractivity contribution in [3.63, 3.8) is 0 Å². The summed E-state index contributed by atoms with van der Waals surface area (Å²) < 4.78 is 5.18. The highest BCUT2D eigenvalue weighted by molar-refractivity contribution is 5.76. The average molecular weight is 215 g/mol. The number of β-amino-alcohol motifs (C(OH)–C–C–N with tert-alkyl or cyclic N) is 1. The molecule has 0 aromatic rings. The Morgan fingerprint density at radius 3 is 2.93 bits per heavy atom. The fourth-order valence-corrected chi connectivity index (χ4v) is 1.80. The Labute approximate surface area is 91.0 Å². The molecule has 4 heteroatoms. The second-order valence-corrected chi connectivity index (χ2v) is 4.37. The minimum Gasteiger partial charge on any atom is -0.464 e. The molecule has 0 saturated carbocycles. The topological polar surface area (TPSA) is 58.6 Å². The van der Waals surface area contributed by atoms with E-state index in [0.717, 1.165) is 12.8 Å². The zero-order valence-corrected chi connectivity index (χ0v) is 9.53. The van der Waals surface area contributed by atoms with Crippen LogP contribution >= 0.6 is 0 Å². The van der Waals surface area contributed by atoms with Gasteiger partial charge in [-0.3, -0.25) is 4.79 Å².